The van der Waals surface area contributed by atoms with E-state index in [9.17, 15) is 30.0 Å². The lowest BCUT2D eigenvalue weighted by Crippen LogP contribution is -2.77. The number of rotatable bonds is 1. The SMILES string of the molecule is CC(=O)O[C@H]1CC2C([C@@H]3[C@@H](O)[C@]4(N)[C@H]([C@H](C)[C@H]5O[C@]56OC(=O)[C@@](C)(O)[C@@]64C)[C@@]13C)[C@@H](O)C[C@@]1(O)C[C@@H]3O[C@@H]3C[C@]21C. The van der Waals surface area contributed by atoms with Crippen LogP contribution in [0.5, 0.6) is 0 Å². The van der Waals surface area contributed by atoms with Gasteiger partial charge in [0.2, 0.25) is 0 Å². The first-order valence-corrected chi connectivity index (χ1v) is 15.2. The van der Waals surface area contributed by atoms with Crippen molar-refractivity contribution in [3.05, 3.63) is 0 Å². The van der Waals surface area contributed by atoms with Crippen LogP contribution in [-0.2, 0) is 28.5 Å². The molecular formula is C30H43NO10. The quantitative estimate of drug-likeness (QED) is 0.209. The number of nitrogens with two attached hydrogens (primary N) is 1. The van der Waals surface area contributed by atoms with Crippen molar-refractivity contribution >= 4 is 11.9 Å². The van der Waals surface area contributed by atoms with Gasteiger partial charge in [0.1, 0.15) is 12.2 Å². The summed E-state index contributed by atoms with van der Waals surface area (Å²) in [5.74, 6) is -5.19. The molecule has 3 heterocycles. The number of aliphatic hydroxyl groups excluding tert-OH is 2. The van der Waals surface area contributed by atoms with Gasteiger partial charge in [0.05, 0.1) is 41.0 Å². The average molecular weight is 578 g/mol. The van der Waals surface area contributed by atoms with Crippen molar-refractivity contribution < 1.29 is 49.0 Å². The summed E-state index contributed by atoms with van der Waals surface area (Å²) in [6.45, 7) is 10.4. The summed E-state index contributed by atoms with van der Waals surface area (Å²) >= 11 is 0. The Morgan fingerprint density at radius 1 is 1.07 bits per heavy atom. The number of carbonyl (C=O) groups is 2. The predicted molar refractivity (Wildman–Crippen MR) is 138 cm³/mol. The zero-order valence-electron chi connectivity index (χ0n) is 24.5. The molecule has 3 saturated heterocycles. The Kier molecular flexibility index (Phi) is 4.74. The topological polar surface area (TPSA) is 185 Å². The maximum absolute atomic E-state index is 13.2. The highest BCUT2D eigenvalue weighted by Crippen LogP contribution is 2.81. The van der Waals surface area contributed by atoms with Gasteiger partial charge in [0.25, 0.3) is 5.79 Å². The van der Waals surface area contributed by atoms with Crippen LogP contribution in [0.2, 0.25) is 0 Å². The van der Waals surface area contributed by atoms with E-state index < -0.39 is 92.9 Å². The summed E-state index contributed by atoms with van der Waals surface area (Å²) in [7, 11) is 0. The normalized spacial score (nSPS) is 68.1. The number of epoxide rings is 2. The van der Waals surface area contributed by atoms with E-state index in [0.717, 1.165) is 0 Å². The molecule has 0 amide bonds. The summed E-state index contributed by atoms with van der Waals surface area (Å²) in [4.78, 5) is 25.8. The predicted octanol–water partition coefficient (Wildman–Crippen LogP) is -0.0130. The molecule has 0 bridgehead atoms. The van der Waals surface area contributed by atoms with E-state index in [1.807, 2.05) is 20.8 Å². The van der Waals surface area contributed by atoms with E-state index in [2.05, 4.69) is 0 Å². The lowest BCUT2D eigenvalue weighted by molar-refractivity contribution is -0.260. The molecule has 0 aromatic heterocycles. The Labute approximate surface area is 239 Å². The first kappa shape index (κ1) is 27.2. The van der Waals surface area contributed by atoms with Gasteiger partial charge >= 0.3 is 11.9 Å². The first-order chi connectivity index (χ1) is 18.9. The molecule has 6 N–H and O–H groups in total. The highest BCUT2D eigenvalue weighted by Gasteiger charge is 2.96. The Balaban J connectivity index is 1.34. The van der Waals surface area contributed by atoms with E-state index in [-0.39, 0.29) is 30.5 Å². The van der Waals surface area contributed by atoms with Gasteiger partial charge in [-0.3, -0.25) is 4.79 Å². The first-order valence-electron chi connectivity index (χ1n) is 15.2. The number of carbonyl (C=O) groups excluding carboxylic acids is 2. The number of aliphatic hydroxyl groups is 4. The standard InChI is InChI=1S/C30H43NO10/c1-11-20-25(4)17(38-12(2)32)7-13-18(14(33)8-28(37)10-16-15(39-16)9-24(13,28)3)19(25)21(34)29(20,31)27(6)26(5,36)23(35)41-30(27)22(11)40-30/h11,13-22,33-34,36-37H,7-10,31H2,1-6H3/t11-,13?,14-,15+,16-,17-,18?,19+,20+,21+,22+,24+,25-,26+,27+,28+,29+,30-/m0/s1. The molecule has 5 aliphatic carbocycles. The van der Waals surface area contributed by atoms with Gasteiger partial charge in [0.15, 0.2) is 5.60 Å². The molecule has 8 rings (SSSR count). The zero-order valence-corrected chi connectivity index (χ0v) is 24.5. The van der Waals surface area contributed by atoms with Crippen LogP contribution in [-0.4, -0.2) is 91.5 Å². The Hall–Kier alpha value is -1.34. The van der Waals surface area contributed by atoms with Crippen LogP contribution in [0.15, 0.2) is 0 Å². The third kappa shape index (κ3) is 2.52. The van der Waals surface area contributed by atoms with Gasteiger partial charge in [-0.15, -0.1) is 0 Å². The summed E-state index contributed by atoms with van der Waals surface area (Å²) in [5, 5.41) is 48.4. The minimum Gasteiger partial charge on any atom is -0.462 e. The van der Waals surface area contributed by atoms with Crippen molar-refractivity contribution in [1.29, 1.82) is 0 Å². The van der Waals surface area contributed by atoms with Crippen LogP contribution in [0.25, 0.3) is 0 Å². The highest BCUT2D eigenvalue weighted by molar-refractivity contribution is 5.85. The molecule has 5 saturated carbocycles. The van der Waals surface area contributed by atoms with Crippen molar-refractivity contribution in [3.63, 3.8) is 0 Å². The second kappa shape index (κ2) is 7.14. The summed E-state index contributed by atoms with van der Waals surface area (Å²) < 4.78 is 23.9. The van der Waals surface area contributed by atoms with Crippen LogP contribution >= 0.6 is 0 Å². The number of fused-ring (bicyclic) bond motifs is 9. The molecule has 0 radical (unpaired) electrons. The number of ether oxygens (including phenoxy) is 4. The van der Waals surface area contributed by atoms with Gasteiger partial charge < -0.3 is 45.1 Å². The highest BCUT2D eigenvalue weighted by atomic mass is 16.8. The van der Waals surface area contributed by atoms with Crippen LogP contribution < -0.4 is 5.73 Å². The van der Waals surface area contributed by atoms with E-state index in [0.29, 0.717) is 19.3 Å². The smallest absolute Gasteiger partial charge is 0.341 e. The van der Waals surface area contributed by atoms with Crippen LogP contribution in [0.1, 0.15) is 67.2 Å². The molecule has 3 aliphatic heterocycles. The number of hydrogen-bond donors (Lipinski definition) is 5. The molecule has 0 aromatic rings. The van der Waals surface area contributed by atoms with E-state index in [1.165, 1.54) is 13.8 Å². The third-order valence-electron chi connectivity index (χ3n) is 14.6. The second-order valence-electron chi connectivity index (χ2n) is 15.8. The molecule has 8 fully saturated rings. The van der Waals surface area contributed by atoms with Gasteiger partial charge in [0, 0.05) is 36.5 Å². The molecule has 8 aliphatic rings. The Morgan fingerprint density at radius 3 is 2.39 bits per heavy atom. The van der Waals surface area contributed by atoms with Gasteiger partial charge in [-0.05, 0) is 50.4 Å². The zero-order chi connectivity index (χ0) is 29.7. The summed E-state index contributed by atoms with van der Waals surface area (Å²) in [5.41, 5.74) is -0.557. The van der Waals surface area contributed by atoms with Gasteiger partial charge in [-0.1, -0.05) is 20.8 Å². The molecular weight excluding hydrogens is 534 g/mol. The monoisotopic (exact) mass is 577 g/mol. The molecule has 41 heavy (non-hydrogen) atoms. The molecule has 18 atom stereocenters. The van der Waals surface area contributed by atoms with Crippen LogP contribution in [0.4, 0.5) is 0 Å². The largest absolute Gasteiger partial charge is 0.462 e. The van der Waals surface area contributed by atoms with E-state index in [4.69, 9.17) is 24.7 Å². The fourth-order valence-corrected chi connectivity index (χ4v) is 12.5. The minimum absolute atomic E-state index is 0.0203. The fraction of sp³-hybridized carbons (Fsp3) is 0.933. The number of esters is 2. The van der Waals surface area contributed by atoms with E-state index >= 15 is 0 Å². The molecule has 228 valence electrons. The van der Waals surface area contributed by atoms with Crippen LogP contribution in [0, 0.1) is 45.8 Å². The second-order valence-corrected chi connectivity index (χ2v) is 15.8. The Bertz CT molecular complexity index is 1280. The Morgan fingerprint density at radius 2 is 1.73 bits per heavy atom. The third-order valence-corrected chi connectivity index (χ3v) is 14.6. The van der Waals surface area contributed by atoms with Crippen molar-refractivity contribution in [1.82, 2.24) is 0 Å². The fourth-order valence-electron chi connectivity index (χ4n) is 12.5. The molecule has 0 aromatic carbocycles. The molecule has 2 unspecified atom stereocenters. The summed E-state index contributed by atoms with van der Waals surface area (Å²) in [6, 6.07) is 0. The van der Waals surface area contributed by atoms with Gasteiger partial charge in [-0.2, -0.15) is 0 Å². The van der Waals surface area contributed by atoms with Crippen molar-refractivity contribution in [2.45, 2.75) is 126 Å². The van der Waals surface area contributed by atoms with Crippen molar-refractivity contribution in [2.24, 2.45) is 51.6 Å². The van der Waals surface area contributed by atoms with Gasteiger partial charge in [-0.25, -0.2) is 4.79 Å². The van der Waals surface area contributed by atoms with E-state index in [1.54, 1.807) is 6.92 Å². The lowest BCUT2D eigenvalue weighted by atomic mass is 9.41. The maximum Gasteiger partial charge on any atom is 0.341 e. The minimum atomic E-state index is -2.07. The molecule has 11 heteroatoms. The summed E-state index contributed by atoms with van der Waals surface area (Å²) in [6.07, 6.45) is -1.99. The van der Waals surface area contributed by atoms with Crippen LogP contribution in [0.3, 0.4) is 0 Å². The number of hydrogen-bond acceptors (Lipinski definition) is 11. The molecule has 11 nitrogen and oxygen atoms in total. The lowest BCUT2D eigenvalue weighted by Gasteiger charge is -2.65. The van der Waals surface area contributed by atoms with Crippen molar-refractivity contribution in [3.8, 4) is 0 Å². The molecule has 1 spiro atoms. The average Bonchev–Trinajstić information content (AvgIpc) is 3.75. The van der Waals surface area contributed by atoms with Crippen molar-refractivity contribution in [2.75, 3.05) is 0 Å². The maximum atomic E-state index is 13.2.